The minimum absolute atomic E-state index is 0.133. The third kappa shape index (κ3) is 2.79. The number of fused-ring (bicyclic) bond motifs is 1. The van der Waals surface area contributed by atoms with Crippen LogP contribution in [-0.4, -0.2) is 20.9 Å². The van der Waals surface area contributed by atoms with Crippen molar-refractivity contribution >= 4 is 22.8 Å². The number of benzene rings is 1. The molecule has 0 aliphatic carbocycles. The van der Waals surface area contributed by atoms with Crippen molar-refractivity contribution in [3.05, 3.63) is 72.2 Å². The standard InChI is InChI=1S/C17H12N2O2/c20-16(12-7-9-18-10-8-12)6-5-13-11-17(21)14-3-1-2-4-15(14)19-13/h1-11H,(H,19,21). The molecular formula is C17H12N2O2. The van der Waals surface area contributed by atoms with Crippen LogP contribution in [0.4, 0.5) is 0 Å². The molecule has 0 fully saturated rings. The van der Waals surface area contributed by atoms with Crippen LogP contribution in [-0.2, 0) is 0 Å². The van der Waals surface area contributed by atoms with Gasteiger partial charge in [0.1, 0.15) is 5.75 Å². The van der Waals surface area contributed by atoms with Crippen molar-refractivity contribution in [3.8, 4) is 5.75 Å². The highest BCUT2D eigenvalue weighted by Gasteiger charge is 2.04. The van der Waals surface area contributed by atoms with E-state index < -0.39 is 0 Å². The number of nitrogens with zero attached hydrogens (tertiary/aromatic N) is 2. The van der Waals surface area contributed by atoms with Gasteiger partial charge < -0.3 is 5.11 Å². The lowest BCUT2D eigenvalue weighted by Crippen LogP contribution is -1.94. The summed E-state index contributed by atoms with van der Waals surface area (Å²) >= 11 is 0. The number of ketones is 1. The molecule has 0 atom stereocenters. The van der Waals surface area contributed by atoms with E-state index in [9.17, 15) is 9.90 Å². The fourth-order valence-corrected chi connectivity index (χ4v) is 2.04. The number of carbonyl (C=O) groups excluding carboxylic acids is 1. The molecule has 0 unspecified atom stereocenters. The second-order valence-electron chi connectivity index (χ2n) is 4.52. The third-order valence-corrected chi connectivity index (χ3v) is 3.08. The van der Waals surface area contributed by atoms with E-state index in [0.717, 1.165) is 0 Å². The average Bonchev–Trinajstić information content (AvgIpc) is 2.53. The van der Waals surface area contributed by atoms with Gasteiger partial charge in [0.2, 0.25) is 0 Å². The highest BCUT2D eigenvalue weighted by atomic mass is 16.3. The molecule has 1 aromatic carbocycles. The first-order chi connectivity index (χ1) is 10.2. The van der Waals surface area contributed by atoms with Crippen LogP contribution in [0.2, 0.25) is 0 Å². The summed E-state index contributed by atoms with van der Waals surface area (Å²) in [6.45, 7) is 0. The Bertz CT molecular complexity index is 827. The maximum absolute atomic E-state index is 12.0. The number of allylic oxidation sites excluding steroid dienone is 1. The smallest absolute Gasteiger partial charge is 0.186 e. The molecule has 3 rings (SSSR count). The van der Waals surface area contributed by atoms with Crippen molar-refractivity contribution in [1.82, 2.24) is 9.97 Å². The van der Waals surface area contributed by atoms with Crippen LogP contribution in [0.15, 0.2) is 60.9 Å². The highest BCUT2D eigenvalue weighted by molar-refractivity contribution is 6.06. The minimum atomic E-state index is -0.133. The van der Waals surface area contributed by atoms with E-state index >= 15 is 0 Å². The molecule has 2 aromatic heterocycles. The first kappa shape index (κ1) is 13.0. The van der Waals surface area contributed by atoms with E-state index in [1.165, 1.54) is 6.08 Å². The van der Waals surface area contributed by atoms with E-state index in [2.05, 4.69) is 9.97 Å². The predicted octanol–water partition coefficient (Wildman–Crippen LogP) is 3.23. The number of aromatic nitrogens is 2. The fraction of sp³-hybridized carbons (Fsp3) is 0. The lowest BCUT2D eigenvalue weighted by molar-refractivity contribution is 0.104. The summed E-state index contributed by atoms with van der Waals surface area (Å²) in [6, 6.07) is 12.1. The normalized spacial score (nSPS) is 11.0. The molecule has 21 heavy (non-hydrogen) atoms. The Morgan fingerprint density at radius 3 is 2.67 bits per heavy atom. The lowest BCUT2D eigenvalue weighted by Gasteiger charge is -2.02. The molecule has 102 valence electrons. The van der Waals surface area contributed by atoms with Gasteiger partial charge in [-0.3, -0.25) is 9.78 Å². The molecule has 0 amide bonds. The first-order valence-electron chi connectivity index (χ1n) is 6.45. The topological polar surface area (TPSA) is 63.1 Å². The summed E-state index contributed by atoms with van der Waals surface area (Å²) in [6.07, 6.45) is 6.17. The second kappa shape index (κ2) is 5.54. The zero-order chi connectivity index (χ0) is 14.7. The number of pyridine rings is 2. The Hall–Kier alpha value is -3.01. The number of aromatic hydroxyl groups is 1. The van der Waals surface area contributed by atoms with Gasteiger partial charge in [0, 0.05) is 29.4 Å². The minimum Gasteiger partial charge on any atom is -0.507 e. The number of hydrogen-bond donors (Lipinski definition) is 1. The van der Waals surface area contributed by atoms with E-state index in [1.54, 1.807) is 42.7 Å². The van der Waals surface area contributed by atoms with Gasteiger partial charge in [-0.2, -0.15) is 0 Å². The molecule has 2 heterocycles. The molecular weight excluding hydrogens is 264 g/mol. The number of hydrogen-bond acceptors (Lipinski definition) is 4. The van der Waals surface area contributed by atoms with Crippen LogP contribution in [0, 0.1) is 0 Å². The van der Waals surface area contributed by atoms with Gasteiger partial charge >= 0.3 is 0 Å². The van der Waals surface area contributed by atoms with Crippen molar-refractivity contribution in [2.75, 3.05) is 0 Å². The molecule has 4 nitrogen and oxygen atoms in total. The van der Waals surface area contributed by atoms with Crippen LogP contribution in [0.5, 0.6) is 5.75 Å². The summed E-state index contributed by atoms with van der Waals surface area (Å²) < 4.78 is 0. The Labute approximate surface area is 121 Å². The van der Waals surface area contributed by atoms with Crippen molar-refractivity contribution in [3.63, 3.8) is 0 Å². The van der Waals surface area contributed by atoms with Gasteiger partial charge in [0.05, 0.1) is 11.2 Å². The maximum atomic E-state index is 12.0. The summed E-state index contributed by atoms with van der Waals surface area (Å²) in [4.78, 5) is 20.2. The summed E-state index contributed by atoms with van der Waals surface area (Å²) in [7, 11) is 0. The molecule has 0 saturated heterocycles. The van der Waals surface area contributed by atoms with Crippen molar-refractivity contribution in [2.24, 2.45) is 0 Å². The van der Waals surface area contributed by atoms with Crippen LogP contribution in [0.3, 0.4) is 0 Å². The SMILES string of the molecule is O=C(C=Cc1cc(O)c2ccccc2n1)c1ccncc1. The van der Waals surface area contributed by atoms with E-state index in [0.29, 0.717) is 22.2 Å². The average molecular weight is 276 g/mol. The fourth-order valence-electron chi connectivity index (χ4n) is 2.04. The second-order valence-corrected chi connectivity index (χ2v) is 4.52. The Kier molecular flexibility index (Phi) is 3.43. The Balaban J connectivity index is 1.91. The first-order valence-corrected chi connectivity index (χ1v) is 6.45. The predicted molar refractivity (Wildman–Crippen MR) is 81.0 cm³/mol. The Morgan fingerprint density at radius 1 is 1.10 bits per heavy atom. The van der Waals surface area contributed by atoms with Crippen molar-refractivity contribution in [2.45, 2.75) is 0 Å². The maximum Gasteiger partial charge on any atom is 0.186 e. The van der Waals surface area contributed by atoms with Crippen LogP contribution < -0.4 is 0 Å². The van der Waals surface area contributed by atoms with Gasteiger partial charge in [-0.15, -0.1) is 0 Å². The molecule has 1 N–H and O–H groups in total. The van der Waals surface area contributed by atoms with Gasteiger partial charge in [0.15, 0.2) is 5.78 Å². The van der Waals surface area contributed by atoms with Gasteiger partial charge in [-0.1, -0.05) is 12.1 Å². The number of rotatable bonds is 3. The van der Waals surface area contributed by atoms with Gasteiger partial charge in [-0.25, -0.2) is 4.98 Å². The van der Waals surface area contributed by atoms with E-state index in [4.69, 9.17) is 0 Å². The number of para-hydroxylation sites is 1. The van der Waals surface area contributed by atoms with Crippen LogP contribution in [0.1, 0.15) is 16.1 Å². The van der Waals surface area contributed by atoms with E-state index in [1.807, 2.05) is 18.2 Å². The van der Waals surface area contributed by atoms with Crippen molar-refractivity contribution < 1.29 is 9.90 Å². The van der Waals surface area contributed by atoms with E-state index in [-0.39, 0.29) is 11.5 Å². The molecule has 0 saturated carbocycles. The van der Waals surface area contributed by atoms with Crippen LogP contribution >= 0.6 is 0 Å². The Morgan fingerprint density at radius 2 is 1.86 bits per heavy atom. The lowest BCUT2D eigenvalue weighted by atomic mass is 10.1. The molecule has 0 bridgehead atoms. The quantitative estimate of drug-likeness (QED) is 0.589. The molecule has 0 aliphatic rings. The van der Waals surface area contributed by atoms with Crippen LogP contribution in [0.25, 0.3) is 17.0 Å². The van der Waals surface area contributed by atoms with Gasteiger partial charge in [-0.05, 0) is 36.4 Å². The monoisotopic (exact) mass is 276 g/mol. The summed E-state index contributed by atoms with van der Waals surface area (Å²) in [5.74, 6) is 0.0171. The molecule has 0 aliphatic heterocycles. The summed E-state index contributed by atoms with van der Waals surface area (Å²) in [5, 5.41) is 10.7. The highest BCUT2D eigenvalue weighted by Crippen LogP contribution is 2.24. The molecule has 4 heteroatoms. The molecule has 3 aromatic rings. The van der Waals surface area contributed by atoms with Gasteiger partial charge in [0.25, 0.3) is 0 Å². The zero-order valence-corrected chi connectivity index (χ0v) is 11.1. The summed E-state index contributed by atoms with van der Waals surface area (Å²) in [5.41, 5.74) is 1.79. The molecule has 0 spiro atoms. The third-order valence-electron chi connectivity index (χ3n) is 3.08. The number of carbonyl (C=O) groups is 1. The molecule has 0 radical (unpaired) electrons. The zero-order valence-electron chi connectivity index (χ0n) is 11.1. The van der Waals surface area contributed by atoms with Crippen molar-refractivity contribution in [1.29, 1.82) is 0 Å². The largest absolute Gasteiger partial charge is 0.507 e.